The molecule has 3 rings (SSSR count). The molecule has 0 aromatic heterocycles. The molecule has 6 nitrogen and oxygen atoms in total. The van der Waals surface area contributed by atoms with Crippen LogP contribution in [-0.4, -0.2) is 53.7 Å². The van der Waals surface area contributed by atoms with Crippen molar-refractivity contribution in [2.75, 3.05) is 18.8 Å². The van der Waals surface area contributed by atoms with E-state index >= 15 is 0 Å². The molecule has 0 N–H and O–H groups in total. The number of halogens is 1. The second-order valence-corrected chi connectivity index (χ2v) is 8.27. The maximum atomic E-state index is 12.9. The van der Waals surface area contributed by atoms with E-state index < -0.39 is 15.8 Å². The summed E-state index contributed by atoms with van der Waals surface area (Å²) in [5.41, 5.74) is 0. The summed E-state index contributed by atoms with van der Waals surface area (Å²) in [6, 6.07) is 4.45. The van der Waals surface area contributed by atoms with Crippen LogP contribution in [0.3, 0.4) is 0 Å². The quantitative estimate of drug-likeness (QED) is 0.822. The van der Waals surface area contributed by atoms with E-state index in [0.717, 1.165) is 23.9 Å². The van der Waals surface area contributed by atoms with E-state index in [1.165, 1.54) is 21.3 Å². The highest BCUT2D eigenvalue weighted by atomic mass is 32.2. The Hall–Kier alpha value is -1.45. The molecule has 2 saturated heterocycles. The van der Waals surface area contributed by atoms with Crippen LogP contribution in [0.15, 0.2) is 29.2 Å². The average Bonchev–Trinajstić information content (AvgIpc) is 2.87. The molecule has 1 aromatic rings. The van der Waals surface area contributed by atoms with E-state index in [9.17, 15) is 22.4 Å². The SMILES string of the molecule is O=C1CSC(=O)N1C1CCN(S(=O)(=O)c2ccc(F)cc2)CC1. The molecule has 0 unspecified atom stereocenters. The number of imide groups is 1. The van der Waals surface area contributed by atoms with Crippen molar-refractivity contribution in [1.29, 1.82) is 0 Å². The molecular formula is C14H15FN2O4S2. The first-order valence-corrected chi connectivity index (χ1v) is 9.57. The molecule has 1 aromatic carbocycles. The van der Waals surface area contributed by atoms with Gasteiger partial charge >= 0.3 is 0 Å². The number of piperidine rings is 1. The Balaban J connectivity index is 1.70. The largest absolute Gasteiger partial charge is 0.289 e. The highest BCUT2D eigenvalue weighted by molar-refractivity contribution is 8.14. The third-order valence-corrected chi connectivity index (χ3v) is 6.77. The number of hydrogen-bond donors (Lipinski definition) is 0. The van der Waals surface area contributed by atoms with Crippen molar-refractivity contribution in [1.82, 2.24) is 9.21 Å². The number of carbonyl (C=O) groups is 2. The minimum absolute atomic E-state index is 0.0428. The molecule has 0 atom stereocenters. The highest BCUT2D eigenvalue weighted by Gasteiger charge is 2.39. The lowest BCUT2D eigenvalue weighted by Crippen LogP contribution is -2.48. The molecule has 0 aliphatic carbocycles. The number of hydrogen-bond acceptors (Lipinski definition) is 5. The Morgan fingerprint density at radius 1 is 1.09 bits per heavy atom. The van der Waals surface area contributed by atoms with Crippen LogP contribution < -0.4 is 0 Å². The van der Waals surface area contributed by atoms with E-state index in [1.54, 1.807) is 0 Å². The van der Waals surface area contributed by atoms with Crippen LogP contribution in [0.4, 0.5) is 9.18 Å². The van der Waals surface area contributed by atoms with Crippen molar-refractivity contribution in [3.63, 3.8) is 0 Å². The van der Waals surface area contributed by atoms with Crippen molar-refractivity contribution in [2.24, 2.45) is 0 Å². The maximum Gasteiger partial charge on any atom is 0.289 e. The monoisotopic (exact) mass is 358 g/mol. The summed E-state index contributed by atoms with van der Waals surface area (Å²) in [6.45, 7) is 0.457. The maximum absolute atomic E-state index is 12.9. The van der Waals surface area contributed by atoms with Gasteiger partial charge in [-0.25, -0.2) is 12.8 Å². The molecule has 2 heterocycles. The standard InChI is InChI=1S/C14H15FN2O4S2/c15-10-1-3-12(4-2-10)23(20,21)16-7-5-11(6-8-16)17-13(18)9-22-14(17)19/h1-4,11H,5-9H2. The molecule has 2 fully saturated rings. The molecule has 0 bridgehead atoms. The summed E-state index contributed by atoms with van der Waals surface area (Å²) in [6.07, 6.45) is 0.830. The second-order valence-electron chi connectivity index (χ2n) is 5.41. The summed E-state index contributed by atoms with van der Waals surface area (Å²) >= 11 is 0.982. The van der Waals surface area contributed by atoms with Crippen LogP contribution in [0, 0.1) is 5.82 Å². The zero-order valence-electron chi connectivity index (χ0n) is 12.1. The lowest BCUT2D eigenvalue weighted by atomic mass is 10.1. The normalized spacial score (nSPS) is 21.2. The van der Waals surface area contributed by atoms with Gasteiger partial charge in [-0.05, 0) is 37.1 Å². The van der Waals surface area contributed by atoms with Crippen molar-refractivity contribution in [2.45, 2.75) is 23.8 Å². The number of nitrogens with zero attached hydrogens (tertiary/aromatic N) is 2. The molecular weight excluding hydrogens is 343 g/mol. The summed E-state index contributed by atoms with van der Waals surface area (Å²) in [4.78, 5) is 24.7. The summed E-state index contributed by atoms with van der Waals surface area (Å²) in [5, 5.41) is -0.255. The number of thioether (sulfide) groups is 1. The van der Waals surface area contributed by atoms with Gasteiger partial charge in [0.2, 0.25) is 15.9 Å². The van der Waals surface area contributed by atoms with Gasteiger partial charge in [-0.15, -0.1) is 0 Å². The van der Waals surface area contributed by atoms with E-state index in [4.69, 9.17) is 0 Å². The van der Waals surface area contributed by atoms with Crippen LogP contribution in [0.2, 0.25) is 0 Å². The lowest BCUT2D eigenvalue weighted by molar-refractivity contribution is -0.126. The number of rotatable bonds is 3. The fraction of sp³-hybridized carbons (Fsp3) is 0.429. The second kappa shape index (κ2) is 6.21. The van der Waals surface area contributed by atoms with E-state index in [-0.39, 0.29) is 40.9 Å². The van der Waals surface area contributed by atoms with Crippen LogP contribution >= 0.6 is 11.8 Å². The third-order valence-electron chi connectivity index (χ3n) is 4.02. The molecule has 2 aliphatic heterocycles. The zero-order valence-corrected chi connectivity index (χ0v) is 13.8. The number of carbonyl (C=O) groups excluding carboxylic acids is 2. The number of benzene rings is 1. The van der Waals surface area contributed by atoms with Crippen LogP contribution in [0.1, 0.15) is 12.8 Å². The average molecular weight is 358 g/mol. The van der Waals surface area contributed by atoms with Crippen molar-refractivity contribution < 1.29 is 22.4 Å². The summed E-state index contributed by atoms with van der Waals surface area (Å²) in [7, 11) is -3.68. The van der Waals surface area contributed by atoms with Crippen LogP contribution in [0.5, 0.6) is 0 Å². The Kier molecular flexibility index (Phi) is 4.43. The first kappa shape index (κ1) is 16.4. The highest BCUT2D eigenvalue weighted by Crippen LogP contribution is 2.28. The Morgan fingerprint density at radius 2 is 1.70 bits per heavy atom. The Labute approximate surface area is 137 Å². The topological polar surface area (TPSA) is 74.8 Å². The Bertz CT molecular complexity index is 712. The van der Waals surface area contributed by atoms with Crippen LogP contribution in [0.25, 0.3) is 0 Å². The first-order valence-electron chi connectivity index (χ1n) is 7.14. The van der Waals surface area contributed by atoms with Gasteiger partial charge in [0, 0.05) is 19.1 Å². The van der Waals surface area contributed by atoms with Crippen molar-refractivity contribution in [3.05, 3.63) is 30.1 Å². The smallest absolute Gasteiger partial charge is 0.273 e. The predicted octanol–water partition coefficient (Wildman–Crippen LogP) is 1.67. The van der Waals surface area contributed by atoms with E-state index in [2.05, 4.69) is 0 Å². The van der Waals surface area contributed by atoms with E-state index in [1.807, 2.05) is 0 Å². The van der Waals surface area contributed by atoms with Gasteiger partial charge in [-0.2, -0.15) is 4.31 Å². The van der Waals surface area contributed by atoms with Gasteiger partial charge in [-0.1, -0.05) is 11.8 Å². The molecule has 9 heteroatoms. The zero-order chi connectivity index (χ0) is 16.6. The third kappa shape index (κ3) is 3.13. The van der Waals surface area contributed by atoms with Gasteiger partial charge in [0.15, 0.2) is 0 Å². The van der Waals surface area contributed by atoms with Crippen molar-refractivity contribution in [3.8, 4) is 0 Å². The van der Waals surface area contributed by atoms with Gasteiger partial charge < -0.3 is 0 Å². The first-order chi connectivity index (χ1) is 10.9. The summed E-state index contributed by atoms with van der Waals surface area (Å²) in [5.74, 6) is -0.543. The van der Waals surface area contributed by atoms with Gasteiger partial charge in [-0.3, -0.25) is 14.5 Å². The molecule has 124 valence electrons. The molecule has 0 radical (unpaired) electrons. The number of amides is 2. The molecule has 0 saturated carbocycles. The van der Waals surface area contributed by atoms with Gasteiger partial charge in [0.25, 0.3) is 5.24 Å². The van der Waals surface area contributed by atoms with Gasteiger partial charge in [0.1, 0.15) is 5.82 Å². The lowest BCUT2D eigenvalue weighted by Gasteiger charge is -2.34. The fourth-order valence-corrected chi connectivity index (χ4v) is 5.06. The summed E-state index contributed by atoms with van der Waals surface area (Å²) < 4.78 is 39.3. The number of sulfonamides is 1. The molecule has 23 heavy (non-hydrogen) atoms. The van der Waals surface area contributed by atoms with E-state index in [0.29, 0.717) is 12.8 Å². The fourth-order valence-electron chi connectivity index (χ4n) is 2.81. The Morgan fingerprint density at radius 3 is 2.22 bits per heavy atom. The van der Waals surface area contributed by atoms with Crippen LogP contribution in [-0.2, 0) is 14.8 Å². The predicted molar refractivity (Wildman–Crippen MR) is 82.9 cm³/mol. The molecule has 0 spiro atoms. The molecule has 2 aliphatic rings. The minimum Gasteiger partial charge on any atom is -0.273 e. The van der Waals surface area contributed by atoms with Crippen molar-refractivity contribution >= 4 is 32.9 Å². The minimum atomic E-state index is -3.68. The van der Waals surface area contributed by atoms with Gasteiger partial charge in [0.05, 0.1) is 10.6 Å². The molecule has 2 amide bonds.